The van der Waals surface area contributed by atoms with Gasteiger partial charge in [0.15, 0.2) is 5.03 Å². The number of carbonyl (C=O) groups excluding carboxylic acids is 1. The zero-order valence-corrected chi connectivity index (χ0v) is 14.6. The summed E-state index contributed by atoms with van der Waals surface area (Å²) in [7, 11) is 0. The molecule has 0 radical (unpaired) electrons. The summed E-state index contributed by atoms with van der Waals surface area (Å²) in [5, 5.41) is 8.98. The van der Waals surface area contributed by atoms with Crippen molar-refractivity contribution in [1.82, 2.24) is 25.6 Å². The molecule has 136 valence electrons. The van der Waals surface area contributed by atoms with Crippen LogP contribution in [0.4, 0.5) is 0 Å². The van der Waals surface area contributed by atoms with Gasteiger partial charge in [-0.3, -0.25) is 19.6 Å². The standard InChI is InChI=1S/C17H14N6O3S/c24-14(21-19-10-11-6-8-18-9-7-11)13(12-4-2-1-3-5-12)27-16-15(25)20-17(26)23-22-16/h1-10,13H,(H,21,24)(H2,20,23,25,26)/b19-10-. The van der Waals surface area contributed by atoms with E-state index in [-0.39, 0.29) is 5.03 Å². The van der Waals surface area contributed by atoms with Gasteiger partial charge in [-0.05, 0) is 23.3 Å². The van der Waals surface area contributed by atoms with Crippen LogP contribution in [-0.4, -0.2) is 32.3 Å². The summed E-state index contributed by atoms with van der Waals surface area (Å²) >= 11 is 0.911. The number of hydrazone groups is 1. The number of nitrogens with zero attached hydrogens (tertiary/aromatic N) is 3. The molecule has 1 aromatic carbocycles. The third-order valence-electron chi connectivity index (χ3n) is 3.34. The lowest BCUT2D eigenvalue weighted by Crippen LogP contribution is -2.28. The van der Waals surface area contributed by atoms with Crippen LogP contribution in [0.2, 0.25) is 0 Å². The first-order valence-corrected chi connectivity index (χ1v) is 8.65. The normalized spacial score (nSPS) is 12.0. The molecule has 0 aliphatic heterocycles. The number of carbonyl (C=O) groups is 1. The van der Waals surface area contributed by atoms with E-state index in [2.05, 4.69) is 30.7 Å². The van der Waals surface area contributed by atoms with Gasteiger partial charge in [0.25, 0.3) is 11.5 Å². The van der Waals surface area contributed by atoms with Crippen molar-refractivity contribution in [2.75, 3.05) is 0 Å². The molecule has 10 heteroatoms. The summed E-state index contributed by atoms with van der Waals surface area (Å²) in [6, 6.07) is 12.4. The number of H-pyrrole nitrogens is 2. The molecule has 3 rings (SSSR count). The van der Waals surface area contributed by atoms with Crippen LogP contribution in [0.25, 0.3) is 0 Å². The van der Waals surface area contributed by atoms with Gasteiger partial charge in [-0.15, -0.1) is 0 Å². The van der Waals surface area contributed by atoms with Gasteiger partial charge in [0.2, 0.25) is 0 Å². The quantitative estimate of drug-likeness (QED) is 0.329. The number of hydrogen-bond acceptors (Lipinski definition) is 7. The highest BCUT2D eigenvalue weighted by atomic mass is 32.2. The van der Waals surface area contributed by atoms with Crippen LogP contribution in [0.1, 0.15) is 16.4 Å². The molecule has 27 heavy (non-hydrogen) atoms. The largest absolute Gasteiger partial charge is 0.342 e. The molecule has 0 fully saturated rings. The molecular weight excluding hydrogens is 368 g/mol. The number of thioether (sulfide) groups is 1. The lowest BCUT2D eigenvalue weighted by atomic mass is 10.1. The van der Waals surface area contributed by atoms with Crippen molar-refractivity contribution in [3.05, 3.63) is 86.8 Å². The lowest BCUT2D eigenvalue weighted by molar-refractivity contribution is -0.120. The number of aromatic nitrogens is 4. The first kappa shape index (κ1) is 18.3. The number of pyridine rings is 1. The number of rotatable bonds is 6. The molecule has 3 aromatic rings. The Bertz CT molecular complexity index is 1050. The molecule has 1 unspecified atom stereocenters. The third-order valence-corrected chi connectivity index (χ3v) is 4.57. The topological polar surface area (TPSA) is 133 Å². The van der Waals surface area contributed by atoms with Crippen LogP contribution in [0.15, 0.2) is 74.6 Å². The van der Waals surface area contributed by atoms with Gasteiger partial charge >= 0.3 is 5.69 Å². The molecule has 0 aliphatic carbocycles. The Labute approximate surface area is 157 Å². The monoisotopic (exact) mass is 382 g/mol. The van der Waals surface area contributed by atoms with Crippen LogP contribution in [-0.2, 0) is 4.79 Å². The molecule has 2 heterocycles. The highest BCUT2D eigenvalue weighted by molar-refractivity contribution is 8.00. The van der Waals surface area contributed by atoms with Crippen LogP contribution in [0.3, 0.4) is 0 Å². The average molecular weight is 382 g/mol. The van der Waals surface area contributed by atoms with E-state index in [0.717, 1.165) is 17.3 Å². The van der Waals surface area contributed by atoms with Gasteiger partial charge in [-0.2, -0.15) is 10.2 Å². The average Bonchev–Trinajstić information content (AvgIpc) is 2.69. The summed E-state index contributed by atoms with van der Waals surface area (Å²) in [4.78, 5) is 41.7. The maximum atomic E-state index is 12.6. The minimum Gasteiger partial charge on any atom is -0.271 e. The fourth-order valence-electron chi connectivity index (χ4n) is 2.11. The van der Waals surface area contributed by atoms with E-state index in [9.17, 15) is 14.4 Å². The van der Waals surface area contributed by atoms with Gasteiger partial charge in [0.05, 0.1) is 6.21 Å². The molecule has 3 N–H and O–H groups in total. The molecule has 0 bridgehead atoms. The molecule has 2 aromatic heterocycles. The van der Waals surface area contributed by atoms with Crippen molar-refractivity contribution in [1.29, 1.82) is 0 Å². The van der Waals surface area contributed by atoms with Gasteiger partial charge in [0, 0.05) is 12.4 Å². The predicted molar refractivity (Wildman–Crippen MR) is 100 cm³/mol. The van der Waals surface area contributed by atoms with Crippen LogP contribution in [0.5, 0.6) is 0 Å². The zero-order chi connectivity index (χ0) is 19.1. The maximum Gasteiger partial charge on any atom is 0.342 e. The van der Waals surface area contributed by atoms with Crippen molar-refractivity contribution in [2.24, 2.45) is 5.10 Å². The van der Waals surface area contributed by atoms with Crippen molar-refractivity contribution < 1.29 is 4.79 Å². The molecular formula is C17H14N6O3S. The van der Waals surface area contributed by atoms with Gasteiger partial charge in [-0.25, -0.2) is 15.3 Å². The molecule has 9 nitrogen and oxygen atoms in total. The van der Waals surface area contributed by atoms with Gasteiger partial charge < -0.3 is 0 Å². The summed E-state index contributed by atoms with van der Waals surface area (Å²) in [5.74, 6) is -0.441. The maximum absolute atomic E-state index is 12.6. The van der Waals surface area contributed by atoms with E-state index in [1.807, 2.05) is 6.07 Å². The summed E-state index contributed by atoms with van der Waals surface area (Å²) in [6.07, 6.45) is 4.71. The fourth-order valence-corrected chi connectivity index (χ4v) is 3.04. The number of amides is 1. The van der Waals surface area contributed by atoms with Gasteiger partial charge in [0.1, 0.15) is 5.25 Å². The SMILES string of the molecule is O=C(N/N=C\c1ccncc1)C(Sc1n[nH]c(=O)[nH]c1=O)c1ccccc1. The second-order valence-electron chi connectivity index (χ2n) is 5.24. The van der Waals surface area contributed by atoms with Crippen molar-refractivity contribution in [3.8, 4) is 0 Å². The first-order chi connectivity index (χ1) is 13.1. The van der Waals surface area contributed by atoms with Crippen molar-refractivity contribution >= 4 is 23.9 Å². The van der Waals surface area contributed by atoms with Gasteiger partial charge in [-0.1, -0.05) is 42.1 Å². The Hall–Kier alpha value is -3.53. The summed E-state index contributed by atoms with van der Waals surface area (Å²) in [6.45, 7) is 0. The highest BCUT2D eigenvalue weighted by Crippen LogP contribution is 2.32. The Morgan fingerprint density at radius 2 is 1.89 bits per heavy atom. The molecule has 1 atom stereocenters. The number of nitrogens with one attached hydrogen (secondary N) is 3. The van der Waals surface area contributed by atoms with Crippen molar-refractivity contribution in [3.63, 3.8) is 0 Å². The van der Waals surface area contributed by atoms with E-state index in [1.54, 1.807) is 48.8 Å². The third kappa shape index (κ3) is 4.98. The highest BCUT2D eigenvalue weighted by Gasteiger charge is 2.24. The summed E-state index contributed by atoms with van der Waals surface area (Å²) in [5.41, 5.74) is 2.50. The molecule has 0 spiro atoms. The Balaban J connectivity index is 1.81. The van der Waals surface area contributed by atoms with Crippen LogP contribution in [0, 0.1) is 0 Å². The van der Waals surface area contributed by atoms with Crippen LogP contribution >= 0.6 is 11.8 Å². The van der Waals surface area contributed by atoms with E-state index >= 15 is 0 Å². The Morgan fingerprint density at radius 3 is 2.59 bits per heavy atom. The number of hydrogen-bond donors (Lipinski definition) is 3. The Kier molecular flexibility index (Phi) is 5.90. The summed E-state index contributed by atoms with van der Waals surface area (Å²) < 4.78 is 0. The number of aromatic amines is 2. The Morgan fingerprint density at radius 1 is 1.15 bits per heavy atom. The second-order valence-corrected chi connectivity index (χ2v) is 6.33. The van der Waals surface area contributed by atoms with E-state index < -0.39 is 22.4 Å². The minimum absolute atomic E-state index is 0.0308. The molecule has 0 saturated heterocycles. The molecule has 1 amide bonds. The lowest BCUT2D eigenvalue weighted by Gasteiger charge is -2.14. The zero-order valence-electron chi connectivity index (χ0n) is 13.8. The molecule has 0 saturated carbocycles. The minimum atomic E-state index is -0.791. The smallest absolute Gasteiger partial charge is 0.271 e. The molecule has 0 aliphatic rings. The van der Waals surface area contributed by atoms with E-state index in [4.69, 9.17) is 0 Å². The van der Waals surface area contributed by atoms with Crippen LogP contribution < -0.4 is 16.7 Å². The second kappa shape index (κ2) is 8.72. The van der Waals surface area contributed by atoms with E-state index in [1.165, 1.54) is 6.21 Å². The van der Waals surface area contributed by atoms with Crippen molar-refractivity contribution in [2.45, 2.75) is 10.3 Å². The number of benzene rings is 1. The van der Waals surface area contributed by atoms with E-state index in [0.29, 0.717) is 5.56 Å². The predicted octanol–water partition coefficient (Wildman–Crippen LogP) is 0.837. The first-order valence-electron chi connectivity index (χ1n) is 7.77. The fraction of sp³-hybridized carbons (Fsp3) is 0.0588.